The third-order valence-electron chi connectivity index (χ3n) is 10.5. The molecule has 2 rings (SSSR count). The number of hydrogen-bond acceptors (Lipinski definition) is 15. The zero-order valence-corrected chi connectivity index (χ0v) is 39.7. The summed E-state index contributed by atoms with van der Waals surface area (Å²) in [6.07, 6.45) is -3.49. The number of carboxylic acid groups (broad SMARTS) is 2. The van der Waals surface area contributed by atoms with Gasteiger partial charge in [-0.15, -0.1) is 0 Å². The predicted molar refractivity (Wildman–Crippen MR) is 243 cm³/mol. The second-order valence-electron chi connectivity index (χ2n) is 16.9. The molecule has 18 N–H and O–H groups in total. The van der Waals surface area contributed by atoms with Gasteiger partial charge in [0.05, 0.1) is 19.0 Å². The Kier molecular flexibility index (Phi) is 24.0. The van der Waals surface area contributed by atoms with E-state index in [9.17, 15) is 72.3 Å². The minimum Gasteiger partial charge on any atom is -0.481 e. The second kappa shape index (κ2) is 28.4. The van der Waals surface area contributed by atoms with E-state index in [1.54, 1.807) is 13.8 Å². The van der Waals surface area contributed by atoms with E-state index in [-0.39, 0.29) is 56.7 Å². The van der Waals surface area contributed by atoms with E-state index in [0.717, 1.165) is 4.90 Å². The quantitative estimate of drug-likeness (QED) is 0.0310. The van der Waals surface area contributed by atoms with Crippen molar-refractivity contribution in [2.24, 2.45) is 28.9 Å². The zero-order valence-electron chi connectivity index (χ0n) is 38.8. The molecule has 0 aliphatic carbocycles. The van der Waals surface area contributed by atoms with Crippen molar-refractivity contribution in [3.05, 3.63) is 29.8 Å². The monoisotopic (exact) mass is 1030 g/mol. The number of rotatable bonds is 31. The lowest BCUT2D eigenvalue weighted by atomic mass is 10.0. The van der Waals surface area contributed by atoms with E-state index in [2.05, 4.69) is 36.4 Å². The number of benzene rings is 1. The smallest absolute Gasteiger partial charge is 0.481 e. The molecule has 71 heavy (non-hydrogen) atoms. The van der Waals surface area contributed by atoms with E-state index in [1.807, 2.05) is 0 Å². The summed E-state index contributed by atoms with van der Waals surface area (Å²) in [4.78, 5) is 172. The Bertz CT molecular complexity index is 2190. The molecule has 1 aromatic carbocycles. The topological polar surface area (TPSA) is 492 Å². The van der Waals surface area contributed by atoms with Crippen LogP contribution < -0.4 is 59.4 Å². The van der Waals surface area contributed by atoms with Crippen LogP contribution in [0.15, 0.2) is 24.3 Å². The van der Waals surface area contributed by atoms with E-state index in [4.69, 9.17) is 32.7 Å². The van der Waals surface area contributed by atoms with Gasteiger partial charge in [0.25, 0.3) is 0 Å². The van der Waals surface area contributed by atoms with Crippen molar-refractivity contribution >= 4 is 78.8 Å². The number of nitrogens with two attached hydrogens (primary N) is 4. The molecule has 0 spiro atoms. The predicted octanol–water partition coefficient (Wildman–Crippen LogP) is -5.04. The van der Waals surface area contributed by atoms with Crippen LogP contribution in [0.2, 0.25) is 0 Å². The highest BCUT2D eigenvalue weighted by Gasteiger charge is 2.39. The highest BCUT2D eigenvalue weighted by atomic mass is 31.2. The van der Waals surface area contributed by atoms with Gasteiger partial charge in [-0.25, -0.2) is 9.36 Å². The SMILES string of the molecule is CC(C)CC(NC(=O)C(CC(N)=O)NC(=O)C(CCC(=O)O)NC(=O)CNC(=O)C1CCCN1C(=O)C(CCC(N)=O)NC(=O)C(Cc1ccc(OP(=O)(O)O)cc1)NC(=O)C(N)CCC(N)=O)C(=O)O. The lowest BCUT2D eigenvalue weighted by molar-refractivity contribution is -0.143. The average molecular weight is 1030 g/mol. The van der Waals surface area contributed by atoms with Crippen molar-refractivity contribution in [2.75, 3.05) is 13.1 Å². The summed E-state index contributed by atoms with van der Waals surface area (Å²) in [5.41, 5.74) is 22.0. The van der Waals surface area contributed by atoms with Gasteiger partial charge in [-0.1, -0.05) is 26.0 Å². The summed E-state index contributed by atoms with van der Waals surface area (Å²) in [7, 11) is -4.93. The van der Waals surface area contributed by atoms with Gasteiger partial charge in [0.15, 0.2) is 0 Å². The molecule has 29 nitrogen and oxygen atoms in total. The molecule has 1 fully saturated rings. The fraction of sp³-hybridized carbons (Fsp3) is 0.561. The van der Waals surface area contributed by atoms with Gasteiger partial charge in [0, 0.05) is 32.2 Å². The fourth-order valence-electron chi connectivity index (χ4n) is 7.01. The number of nitrogens with zero attached hydrogens (tertiary/aromatic N) is 1. The van der Waals surface area contributed by atoms with Crippen molar-refractivity contribution in [2.45, 2.75) is 127 Å². The van der Waals surface area contributed by atoms with Gasteiger partial charge in [-0.2, -0.15) is 0 Å². The van der Waals surface area contributed by atoms with Crippen molar-refractivity contribution in [1.82, 2.24) is 36.8 Å². The molecular formula is C41H62N11O18P. The third kappa shape index (κ3) is 22.4. The Morgan fingerprint density at radius 1 is 0.704 bits per heavy atom. The van der Waals surface area contributed by atoms with Crippen LogP contribution in [0, 0.1) is 5.92 Å². The molecule has 0 bridgehead atoms. The average Bonchev–Trinajstić information content (AvgIpc) is 3.76. The lowest BCUT2D eigenvalue weighted by Gasteiger charge is -2.30. The molecule has 30 heteroatoms. The number of likely N-dealkylation sites (tertiary alicyclic amines) is 1. The molecule has 10 amide bonds. The molecule has 394 valence electrons. The largest absolute Gasteiger partial charge is 0.524 e. The number of carbonyl (C=O) groups is 12. The Hall–Kier alpha value is -7.23. The minimum atomic E-state index is -4.93. The van der Waals surface area contributed by atoms with Gasteiger partial charge in [-0.05, 0) is 62.1 Å². The molecule has 0 saturated carbocycles. The Balaban J connectivity index is 2.29. The summed E-state index contributed by atoms with van der Waals surface area (Å²) < 4.78 is 15.8. The van der Waals surface area contributed by atoms with Crippen molar-refractivity contribution < 1.29 is 86.6 Å². The Labute approximate surface area is 405 Å². The number of amides is 10. The summed E-state index contributed by atoms with van der Waals surface area (Å²) in [6.45, 7) is 2.45. The molecule has 1 aliphatic rings. The molecular weight excluding hydrogens is 965 g/mol. The standard InChI is InChI=1S/C41H62N11O18P/c1-20(2)16-28(41(65)66)51-38(62)27(18-32(45)55)50-36(60)24(11-14-34(57)58)47-33(56)19-46-39(63)29-4-3-15-52(29)40(64)25(10-13-31(44)54)48-37(61)26(49-35(59)23(42)9-12-30(43)53)17-21-5-7-22(8-6-21)70-71(67,68)69/h5-8,20,23-29H,3-4,9-19,42H2,1-2H3,(H2,43,53)(H2,44,54)(H2,45,55)(H,46,63)(H,47,56)(H,48,61)(H,49,59)(H,50,60)(H,51,62)(H,57,58)(H,65,66)(H2,67,68,69). The zero-order chi connectivity index (χ0) is 53.7. The van der Waals surface area contributed by atoms with Crippen LogP contribution >= 0.6 is 7.82 Å². The maximum atomic E-state index is 14.1. The number of phosphoric acid groups is 1. The number of carboxylic acids is 2. The van der Waals surface area contributed by atoms with Crippen LogP contribution in [0.4, 0.5) is 0 Å². The third-order valence-corrected chi connectivity index (χ3v) is 10.9. The van der Waals surface area contributed by atoms with E-state index >= 15 is 0 Å². The number of carbonyl (C=O) groups excluding carboxylic acids is 10. The highest BCUT2D eigenvalue weighted by molar-refractivity contribution is 7.46. The van der Waals surface area contributed by atoms with Crippen LogP contribution in [0.25, 0.3) is 0 Å². The van der Waals surface area contributed by atoms with Crippen molar-refractivity contribution in [1.29, 1.82) is 0 Å². The minimum absolute atomic E-state index is 0.0243. The number of aliphatic carboxylic acids is 2. The second-order valence-corrected chi connectivity index (χ2v) is 18.1. The molecule has 1 aromatic rings. The summed E-state index contributed by atoms with van der Waals surface area (Å²) >= 11 is 0. The van der Waals surface area contributed by atoms with E-state index < -0.39 is 160 Å². The van der Waals surface area contributed by atoms with Crippen LogP contribution in [0.5, 0.6) is 5.75 Å². The first-order valence-corrected chi connectivity index (χ1v) is 23.6. The van der Waals surface area contributed by atoms with E-state index in [1.165, 1.54) is 24.3 Å². The van der Waals surface area contributed by atoms with E-state index in [0.29, 0.717) is 5.56 Å². The molecule has 0 aromatic heterocycles. The Morgan fingerprint density at radius 2 is 1.24 bits per heavy atom. The molecule has 7 atom stereocenters. The first-order valence-electron chi connectivity index (χ1n) is 22.0. The number of nitrogens with one attached hydrogen (secondary N) is 6. The summed E-state index contributed by atoms with van der Waals surface area (Å²) in [6, 6.07) is -5.59. The fourth-order valence-corrected chi connectivity index (χ4v) is 7.41. The first-order chi connectivity index (χ1) is 33.1. The first kappa shape index (κ1) is 59.9. The maximum Gasteiger partial charge on any atom is 0.524 e. The number of hydrogen-bond donors (Lipinski definition) is 14. The van der Waals surface area contributed by atoms with Crippen molar-refractivity contribution in [3.63, 3.8) is 0 Å². The van der Waals surface area contributed by atoms with Gasteiger partial charge in [0.1, 0.15) is 42.0 Å². The molecule has 0 radical (unpaired) electrons. The summed E-state index contributed by atoms with van der Waals surface area (Å²) in [5.74, 6) is -13.0. The van der Waals surface area contributed by atoms with Crippen LogP contribution in [0.1, 0.15) is 83.6 Å². The van der Waals surface area contributed by atoms with Crippen LogP contribution in [-0.4, -0.2) is 151 Å². The van der Waals surface area contributed by atoms with Gasteiger partial charge >= 0.3 is 19.8 Å². The van der Waals surface area contributed by atoms with Crippen molar-refractivity contribution in [3.8, 4) is 5.75 Å². The summed E-state index contributed by atoms with van der Waals surface area (Å²) in [5, 5.41) is 32.7. The molecule has 7 unspecified atom stereocenters. The maximum absolute atomic E-state index is 14.1. The lowest BCUT2D eigenvalue weighted by Crippen LogP contribution is -2.58. The van der Waals surface area contributed by atoms with Gasteiger partial charge < -0.3 is 74.5 Å². The number of phosphoric ester groups is 1. The van der Waals surface area contributed by atoms with Gasteiger partial charge in [-0.3, -0.25) is 62.5 Å². The normalized spacial score (nSPS) is 15.9. The Morgan fingerprint density at radius 3 is 1.79 bits per heavy atom. The highest BCUT2D eigenvalue weighted by Crippen LogP contribution is 2.37. The number of primary amides is 3. The molecule has 1 saturated heterocycles. The van der Waals surface area contributed by atoms with Crippen LogP contribution in [-0.2, 0) is 68.5 Å². The molecule has 1 heterocycles. The van der Waals surface area contributed by atoms with Crippen LogP contribution in [0.3, 0.4) is 0 Å². The molecule has 1 aliphatic heterocycles. The van der Waals surface area contributed by atoms with Gasteiger partial charge in [0.2, 0.25) is 59.1 Å².